The highest BCUT2D eigenvalue weighted by Crippen LogP contribution is 2.13. The number of H-pyrrole nitrogens is 1. The molecule has 2 aromatic rings. The van der Waals surface area contributed by atoms with Crippen LogP contribution in [-0.4, -0.2) is 81.8 Å². The molecule has 2 N–H and O–H groups in total. The summed E-state index contributed by atoms with van der Waals surface area (Å²) in [6.07, 6.45) is 0.575. The number of benzene rings is 1. The summed E-state index contributed by atoms with van der Waals surface area (Å²) < 4.78 is 0. The van der Waals surface area contributed by atoms with Gasteiger partial charge in [0.05, 0.1) is 17.6 Å². The van der Waals surface area contributed by atoms with Crippen molar-refractivity contribution in [3.05, 3.63) is 30.1 Å². The first-order chi connectivity index (χ1) is 13.6. The number of amides is 4. The molecule has 9 nitrogen and oxygen atoms in total. The molecular formula is C19H24N6O3. The molecule has 2 aliphatic heterocycles. The molecule has 0 unspecified atom stereocenters. The topological polar surface area (TPSA) is 102 Å². The Kier molecular flexibility index (Phi) is 5.25. The number of piperazine rings is 1. The van der Waals surface area contributed by atoms with Gasteiger partial charge < -0.3 is 14.8 Å². The van der Waals surface area contributed by atoms with Crippen molar-refractivity contribution in [1.82, 2.24) is 30.0 Å². The van der Waals surface area contributed by atoms with Crippen LogP contribution < -0.4 is 5.32 Å². The number of imide groups is 1. The van der Waals surface area contributed by atoms with Crippen molar-refractivity contribution >= 4 is 28.9 Å². The molecular weight excluding hydrogens is 360 g/mol. The fraction of sp³-hybridized carbons (Fsp3) is 0.474. The first-order valence-corrected chi connectivity index (χ1v) is 9.61. The third kappa shape index (κ3) is 4.14. The predicted molar refractivity (Wildman–Crippen MR) is 102 cm³/mol. The Morgan fingerprint density at radius 2 is 1.86 bits per heavy atom. The van der Waals surface area contributed by atoms with Gasteiger partial charge >= 0.3 is 6.03 Å². The van der Waals surface area contributed by atoms with E-state index in [9.17, 15) is 14.4 Å². The fourth-order valence-electron chi connectivity index (χ4n) is 3.65. The molecule has 4 amide bonds. The van der Waals surface area contributed by atoms with Crippen LogP contribution in [0.5, 0.6) is 0 Å². The number of hydrogen-bond donors (Lipinski definition) is 2. The number of nitrogens with zero attached hydrogens (tertiary/aromatic N) is 4. The second-order valence-electron chi connectivity index (χ2n) is 7.20. The minimum Gasteiger partial charge on any atom is -0.341 e. The molecule has 148 valence electrons. The van der Waals surface area contributed by atoms with Crippen LogP contribution in [0.25, 0.3) is 11.0 Å². The van der Waals surface area contributed by atoms with Crippen molar-refractivity contribution in [1.29, 1.82) is 0 Å². The number of aromatic nitrogens is 2. The quantitative estimate of drug-likeness (QED) is 0.783. The number of carbonyl (C=O) groups excluding carboxylic acids is 3. The second-order valence-corrected chi connectivity index (χ2v) is 7.20. The van der Waals surface area contributed by atoms with Gasteiger partial charge in [0.1, 0.15) is 5.82 Å². The van der Waals surface area contributed by atoms with E-state index in [1.165, 1.54) is 4.90 Å². The van der Waals surface area contributed by atoms with Crippen LogP contribution >= 0.6 is 0 Å². The molecule has 0 spiro atoms. The maximum Gasteiger partial charge on any atom is 0.324 e. The van der Waals surface area contributed by atoms with Gasteiger partial charge in [0, 0.05) is 52.1 Å². The normalized spacial score (nSPS) is 18.6. The van der Waals surface area contributed by atoms with Crippen molar-refractivity contribution in [2.45, 2.75) is 19.4 Å². The summed E-state index contributed by atoms with van der Waals surface area (Å²) in [7, 11) is 0. The zero-order valence-corrected chi connectivity index (χ0v) is 15.7. The molecule has 2 saturated heterocycles. The molecule has 1 aromatic heterocycles. The van der Waals surface area contributed by atoms with Crippen molar-refractivity contribution in [2.75, 3.05) is 39.3 Å². The Hall–Kier alpha value is -2.94. The lowest BCUT2D eigenvalue weighted by molar-refractivity contribution is -0.133. The van der Waals surface area contributed by atoms with E-state index in [0.29, 0.717) is 32.6 Å². The fourth-order valence-corrected chi connectivity index (χ4v) is 3.65. The zero-order valence-electron chi connectivity index (χ0n) is 15.7. The lowest BCUT2D eigenvalue weighted by Gasteiger charge is -2.35. The van der Waals surface area contributed by atoms with Crippen LogP contribution in [0.4, 0.5) is 4.79 Å². The number of aromatic amines is 1. The molecule has 0 radical (unpaired) electrons. The Bertz CT molecular complexity index is 854. The summed E-state index contributed by atoms with van der Waals surface area (Å²) in [5.41, 5.74) is 2.00. The van der Waals surface area contributed by atoms with Gasteiger partial charge in [-0.2, -0.15) is 0 Å². The molecule has 2 aliphatic rings. The van der Waals surface area contributed by atoms with E-state index in [2.05, 4.69) is 20.2 Å². The Morgan fingerprint density at radius 3 is 2.61 bits per heavy atom. The van der Waals surface area contributed by atoms with E-state index in [-0.39, 0.29) is 18.2 Å². The smallest absolute Gasteiger partial charge is 0.324 e. The van der Waals surface area contributed by atoms with Crippen molar-refractivity contribution in [2.24, 2.45) is 0 Å². The van der Waals surface area contributed by atoms with Crippen molar-refractivity contribution in [3.8, 4) is 0 Å². The average molecular weight is 384 g/mol. The van der Waals surface area contributed by atoms with E-state index in [0.717, 1.165) is 36.5 Å². The predicted octanol–water partition coefficient (Wildman–Crippen LogP) is 0.539. The number of imidazole rings is 1. The van der Waals surface area contributed by atoms with Crippen LogP contribution in [-0.2, 0) is 16.1 Å². The van der Waals surface area contributed by atoms with Gasteiger partial charge in [-0.25, -0.2) is 9.78 Å². The van der Waals surface area contributed by atoms with E-state index >= 15 is 0 Å². The number of nitrogens with one attached hydrogen (secondary N) is 2. The van der Waals surface area contributed by atoms with E-state index in [1.54, 1.807) is 0 Å². The maximum atomic E-state index is 12.5. The number of hydrogen-bond acceptors (Lipinski definition) is 5. The third-order valence-electron chi connectivity index (χ3n) is 5.27. The first-order valence-electron chi connectivity index (χ1n) is 9.61. The maximum absolute atomic E-state index is 12.5. The van der Waals surface area contributed by atoms with Crippen LogP contribution in [0.15, 0.2) is 24.3 Å². The lowest BCUT2D eigenvalue weighted by Crippen LogP contribution is -2.51. The molecule has 28 heavy (non-hydrogen) atoms. The molecule has 0 bridgehead atoms. The number of para-hydroxylation sites is 2. The molecule has 0 aliphatic carbocycles. The molecule has 0 atom stereocenters. The third-order valence-corrected chi connectivity index (χ3v) is 5.27. The van der Waals surface area contributed by atoms with Gasteiger partial charge in [-0.05, 0) is 12.1 Å². The summed E-state index contributed by atoms with van der Waals surface area (Å²) in [4.78, 5) is 49.0. The second kappa shape index (κ2) is 7.97. The molecule has 1 aromatic carbocycles. The largest absolute Gasteiger partial charge is 0.341 e. The Labute approximate surface area is 162 Å². The molecule has 9 heteroatoms. The number of rotatable bonds is 5. The van der Waals surface area contributed by atoms with Gasteiger partial charge in [-0.1, -0.05) is 12.1 Å². The highest BCUT2D eigenvalue weighted by Gasteiger charge is 2.25. The SMILES string of the molecule is O=C1CCN(CCC(=O)N2CCN(Cc3nc4ccccc4[nH]3)CC2)C(=O)N1. The lowest BCUT2D eigenvalue weighted by atomic mass is 10.2. The van der Waals surface area contributed by atoms with Gasteiger partial charge in [0.2, 0.25) is 11.8 Å². The minimum atomic E-state index is -0.403. The van der Waals surface area contributed by atoms with Gasteiger partial charge in [-0.15, -0.1) is 0 Å². The van der Waals surface area contributed by atoms with Gasteiger partial charge in [0.25, 0.3) is 0 Å². The Balaban J connectivity index is 1.22. The molecule has 2 fully saturated rings. The van der Waals surface area contributed by atoms with Crippen molar-refractivity contribution in [3.63, 3.8) is 0 Å². The Morgan fingerprint density at radius 1 is 1.07 bits per heavy atom. The highest BCUT2D eigenvalue weighted by atomic mass is 16.2. The van der Waals surface area contributed by atoms with Gasteiger partial charge in [0.15, 0.2) is 0 Å². The van der Waals surface area contributed by atoms with Gasteiger partial charge in [-0.3, -0.25) is 19.8 Å². The van der Waals surface area contributed by atoms with E-state index in [4.69, 9.17) is 0 Å². The molecule has 0 saturated carbocycles. The number of carbonyl (C=O) groups is 3. The van der Waals surface area contributed by atoms with E-state index < -0.39 is 6.03 Å². The summed E-state index contributed by atoms with van der Waals surface area (Å²) in [6, 6.07) is 7.56. The monoisotopic (exact) mass is 384 g/mol. The standard InChI is InChI=1S/C19H24N6O3/c26-17-5-7-25(19(28)22-17)8-6-18(27)24-11-9-23(10-12-24)13-16-20-14-3-1-2-4-15(14)21-16/h1-4H,5-13H2,(H,20,21)(H,22,26,28). The van der Waals surface area contributed by atoms with Crippen molar-refractivity contribution < 1.29 is 14.4 Å². The minimum absolute atomic E-state index is 0.0492. The van der Waals surface area contributed by atoms with Crippen LogP contribution in [0.2, 0.25) is 0 Å². The van der Waals surface area contributed by atoms with E-state index in [1.807, 2.05) is 29.2 Å². The highest BCUT2D eigenvalue weighted by molar-refractivity contribution is 5.96. The molecule has 3 heterocycles. The number of fused-ring (bicyclic) bond motifs is 1. The zero-order chi connectivity index (χ0) is 19.5. The molecule has 4 rings (SSSR count). The summed E-state index contributed by atoms with van der Waals surface area (Å²) >= 11 is 0. The summed E-state index contributed by atoms with van der Waals surface area (Å²) in [5.74, 6) is 0.730. The van der Waals surface area contributed by atoms with Crippen LogP contribution in [0, 0.1) is 0 Å². The average Bonchev–Trinajstić information content (AvgIpc) is 3.10. The summed E-state index contributed by atoms with van der Waals surface area (Å²) in [5, 5.41) is 2.28. The number of urea groups is 1. The van der Waals surface area contributed by atoms with Crippen LogP contribution in [0.3, 0.4) is 0 Å². The first kappa shape index (κ1) is 18.4. The van der Waals surface area contributed by atoms with Crippen LogP contribution in [0.1, 0.15) is 18.7 Å². The summed E-state index contributed by atoms with van der Waals surface area (Å²) in [6.45, 7) is 4.38.